The second kappa shape index (κ2) is 6.48. The third kappa shape index (κ3) is 3.62. The van der Waals surface area contributed by atoms with Gasteiger partial charge in [0, 0.05) is 12.7 Å². The zero-order chi connectivity index (χ0) is 11.9. The average molecular weight is 234 g/mol. The van der Waals surface area contributed by atoms with E-state index in [1.54, 1.807) is 0 Å². The molecule has 1 saturated carbocycles. The van der Waals surface area contributed by atoms with Crippen LogP contribution in [0.4, 0.5) is 5.82 Å². The third-order valence-electron chi connectivity index (χ3n) is 3.35. The van der Waals surface area contributed by atoms with Gasteiger partial charge in [-0.2, -0.15) is 0 Å². The normalized spacial score (nSPS) is 16.8. The lowest BCUT2D eigenvalue weighted by atomic mass is 9.89. The summed E-state index contributed by atoms with van der Waals surface area (Å²) in [5.41, 5.74) is 0. The summed E-state index contributed by atoms with van der Waals surface area (Å²) in [6, 6.07) is 3.89. The van der Waals surface area contributed by atoms with Crippen molar-refractivity contribution in [3.8, 4) is 5.75 Å². The smallest absolute Gasteiger partial charge is 0.168 e. The molecule has 0 atom stereocenters. The van der Waals surface area contributed by atoms with E-state index >= 15 is 0 Å². The molecule has 1 aliphatic rings. The highest BCUT2D eigenvalue weighted by molar-refractivity contribution is 5.49. The fourth-order valence-corrected chi connectivity index (χ4v) is 2.43. The van der Waals surface area contributed by atoms with Gasteiger partial charge in [-0.25, -0.2) is 4.98 Å². The molecule has 0 aliphatic heterocycles. The Morgan fingerprint density at radius 1 is 1.35 bits per heavy atom. The summed E-state index contributed by atoms with van der Waals surface area (Å²) in [5, 5.41) is 3.43. The highest BCUT2D eigenvalue weighted by Gasteiger charge is 2.14. The maximum Gasteiger partial charge on any atom is 0.168 e. The van der Waals surface area contributed by atoms with Gasteiger partial charge in [-0.1, -0.05) is 19.3 Å². The molecule has 17 heavy (non-hydrogen) atoms. The molecule has 0 aromatic carbocycles. The molecule has 1 aliphatic carbocycles. The molecule has 0 saturated heterocycles. The van der Waals surface area contributed by atoms with Crippen LogP contribution in [-0.2, 0) is 0 Å². The number of hydrogen-bond acceptors (Lipinski definition) is 3. The highest BCUT2D eigenvalue weighted by Crippen LogP contribution is 2.26. The van der Waals surface area contributed by atoms with Crippen LogP contribution in [0.5, 0.6) is 5.75 Å². The van der Waals surface area contributed by atoms with Crippen molar-refractivity contribution >= 4 is 5.82 Å². The fourth-order valence-electron chi connectivity index (χ4n) is 2.43. The van der Waals surface area contributed by atoms with Crippen LogP contribution in [0.3, 0.4) is 0 Å². The number of rotatable bonds is 5. The number of nitrogens with one attached hydrogen (secondary N) is 1. The molecule has 2 rings (SSSR count). The molecule has 3 nitrogen and oxygen atoms in total. The van der Waals surface area contributed by atoms with Crippen molar-refractivity contribution in [2.75, 3.05) is 18.5 Å². The van der Waals surface area contributed by atoms with Crippen molar-refractivity contribution in [1.29, 1.82) is 0 Å². The van der Waals surface area contributed by atoms with Gasteiger partial charge in [-0.3, -0.25) is 0 Å². The first-order valence-electron chi connectivity index (χ1n) is 6.72. The lowest BCUT2D eigenvalue weighted by Crippen LogP contribution is -2.18. The molecule has 1 aromatic heterocycles. The largest absolute Gasteiger partial charge is 0.490 e. The highest BCUT2D eigenvalue weighted by atomic mass is 16.5. The number of aromatic nitrogens is 1. The van der Waals surface area contributed by atoms with Crippen LogP contribution >= 0.6 is 0 Å². The van der Waals surface area contributed by atoms with Crippen molar-refractivity contribution in [1.82, 2.24) is 4.98 Å². The number of hydrogen-bond donors (Lipinski definition) is 1. The van der Waals surface area contributed by atoms with Crippen molar-refractivity contribution < 1.29 is 4.74 Å². The Hall–Kier alpha value is -1.25. The predicted octanol–water partition coefficient (Wildman–Crippen LogP) is 3.47. The van der Waals surface area contributed by atoms with Crippen LogP contribution in [-0.4, -0.2) is 18.1 Å². The van der Waals surface area contributed by atoms with Crippen LogP contribution in [0.25, 0.3) is 0 Å². The molecule has 0 amide bonds. The molecule has 0 spiro atoms. The van der Waals surface area contributed by atoms with Gasteiger partial charge in [0.05, 0.1) is 6.61 Å². The van der Waals surface area contributed by atoms with Crippen LogP contribution < -0.4 is 10.1 Å². The standard InChI is InChI=1S/C14H22N2O/c1-2-17-13-9-6-10-15-14(13)16-11-12-7-4-3-5-8-12/h6,9-10,12H,2-5,7-8,11H2,1H3,(H,15,16). The fraction of sp³-hybridized carbons (Fsp3) is 0.643. The van der Waals surface area contributed by atoms with E-state index in [-0.39, 0.29) is 0 Å². The van der Waals surface area contributed by atoms with E-state index in [4.69, 9.17) is 4.74 Å². The SMILES string of the molecule is CCOc1cccnc1NCC1CCCCC1. The molecule has 0 radical (unpaired) electrons. The van der Waals surface area contributed by atoms with E-state index < -0.39 is 0 Å². The van der Waals surface area contributed by atoms with E-state index in [0.717, 1.165) is 24.0 Å². The Balaban J connectivity index is 1.88. The maximum absolute atomic E-state index is 5.55. The molecule has 0 bridgehead atoms. The summed E-state index contributed by atoms with van der Waals surface area (Å²) in [5.74, 6) is 2.56. The molecular weight excluding hydrogens is 212 g/mol. The van der Waals surface area contributed by atoms with E-state index in [1.165, 1.54) is 32.1 Å². The molecular formula is C14H22N2O. The first kappa shape index (κ1) is 12.2. The Morgan fingerprint density at radius 2 is 2.18 bits per heavy atom. The van der Waals surface area contributed by atoms with Crippen molar-refractivity contribution in [2.45, 2.75) is 39.0 Å². The lowest BCUT2D eigenvalue weighted by Gasteiger charge is -2.22. The van der Waals surface area contributed by atoms with E-state index in [9.17, 15) is 0 Å². The summed E-state index contributed by atoms with van der Waals surface area (Å²) < 4.78 is 5.55. The van der Waals surface area contributed by atoms with Crippen molar-refractivity contribution in [3.63, 3.8) is 0 Å². The monoisotopic (exact) mass is 234 g/mol. The number of pyridine rings is 1. The zero-order valence-electron chi connectivity index (χ0n) is 10.6. The molecule has 1 N–H and O–H groups in total. The molecule has 0 unspecified atom stereocenters. The van der Waals surface area contributed by atoms with Gasteiger partial charge in [-0.05, 0) is 37.8 Å². The number of nitrogens with zero attached hydrogens (tertiary/aromatic N) is 1. The van der Waals surface area contributed by atoms with Gasteiger partial charge >= 0.3 is 0 Å². The first-order chi connectivity index (χ1) is 8.40. The van der Waals surface area contributed by atoms with Gasteiger partial charge in [0.1, 0.15) is 0 Å². The van der Waals surface area contributed by atoms with E-state index in [2.05, 4.69) is 10.3 Å². The van der Waals surface area contributed by atoms with Crippen molar-refractivity contribution in [2.24, 2.45) is 5.92 Å². The molecule has 1 aromatic rings. The van der Waals surface area contributed by atoms with Gasteiger partial charge in [0.2, 0.25) is 0 Å². The van der Waals surface area contributed by atoms with Gasteiger partial charge in [0.15, 0.2) is 11.6 Å². The third-order valence-corrected chi connectivity index (χ3v) is 3.35. The summed E-state index contributed by atoms with van der Waals surface area (Å²) in [6.07, 6.45) is 8.68. The molecule has 3 heteroatoms. The minimum absolute atomic E-state index is 0.684. The quantitative estimate of drug-likeness (QED) is 0.847. The molecule has 1 fully saturated rings. The van der Waals surface area contributed by atoms with E-state index in [0.29, 0.717) is 6.61 Å². The second-order valence-corrected chi connectivity index (χ2v) is 4.67. The van der Waals surface area contributed by atoms with Crippen molar-refractivity contribution in [3.05, 3.63) is 18.3 Å². The van der Waals surface area contributed by atoms with Crippen LogP contribution in [0, 0.1) is 5.92 Å². The molecule has 1 heterocycles. The van der Waals surface area contributed by atoms with Gasteiger partial charge < -0.3 is 10.1 Å². The summed E-state index contributed by atoms with van der Waals surface area (Å²) in [4.78, 5) is 4.35. The maximum atomic E-state index is 5.55. The predicted molar refractivity (Wildman–Crippen MR) is 70.5 cm³/mol. The van der Waals surface area contributed by atoms with Crippen LogP contribution in [0.15, 0.2) is 18.3 Å². The average Bonchev–Trinajstić information content (AvgIpc) is 2.39. The summed E-state index contributed by atoms with van der Waals surface area (Å²) >= 11 is 0. The Labute approximate surface area is 104 Å². The Bertz CT molecular complexity index is 335. The zero-order valence-corrected chi connectivity index (χ0v) is 10.6. The minimum Gasteiger partial charge on any atom is -0.490 e. The second-order valence-electron chi connectivity index (χ2n) is 4.67. The topological polar surface area (TPSA) is 34.1 Å². The van der Waals surface area contributed by atoms with Gasteiger partial charge in [0.25, 0.3) is 0 Å². The Kier molecular flexibility index (Phi) is 4.65. The number of anilines is 1. The van der Waals surface area contributed by atoms with Gasteiger partial charge in [-0.15, -0.1) is 0 Å². The summed E-state index contributed by atoms with van der Waals surface area (Å²) in [6.45, 7) is 3.71. The Morgan fingerprint density at radius 3 is 2.94 bits per heavy atom. The lowest BCUT2D eigenvalue weighted by molar-refractivity contribution is 0.339. The minimum atomic E-state index is 0.684. The van der Waals surface area contributed by atoms with E-state index in [1.807, 2.05) is 25.3 Å². The first-order valence-corrected chi connectivity index (χ1v) is 6.72. The molecule has 94 valence electrons. The summed E-state index contributed by atoms with van der Waals surface area (Å²) in [7, 11) is 0. The van der Waals surface area contributed by atoms with Crippen LogP contribution in [0.2, 0.25) is 0 Å². The van der Waals surface area contributed by atoms with Crippen LogP contribution in [0.1, 0.15) is 39.0 Å². The number of ether oxygens (including phenoxy) is 1.